The number of rotatable bonds is 8. The van der Waals surface area contributed by atoms with Crippen LogP contribution in [0.15, 0.2) is 5.03 Å². The van der Waals surface area contributed by atoms with Crippen molar-refractivity contribution in [2.45, 2.75) is 38.4 Å². The van der Waals surface area contributed by atoms with E-state index in [1.165, 1.54) is 0 Å². The minimum Gasteiger partial charge on any atom is -0.310 e. The van der Waals surface area contributed by atoms with E-state index in [2.05, 4.69) is 20.2 Å². The lowest BCUT2D eigenvalue weighted by Gasteiger charge is -2.10. The molecule has 8 heteroatoms. The van der Waals surface area contributed by atoms with Crippen LogP contribution < -0.4 is 10.0 Å². The molecule has 0 fully saturated rings. The zero-order valence-electron chi connectivity index (χ0n) is 11.8. The SMILES string of the molecule is CSCCNS(=O)(=O)c1n[nH]c(C)c1CNC(C)C. The van der Waals surface area contributed by atoms with Gasteiger partial charge in [-0.15, -0.1) is 0 Å². The van der Waals surface area contributed by atoms with Gasteiger partial charge >= 0.3 is 0 Å². The molecule has 0 unspecified atom stereocenters. The second kappa shape index (κ2) is 7.28. The molecule has 19 heavy (non-hydrogen) atoms. The minimum atomic E-state index is -3.54. The van der Waals surface area contributed by atoms with Crippen LogP contribution in [0.5, 0.6) is 0 Å². The predicted molar refractivity (Wildman–Crippen MR) is 78.9 cm³/mol. The van der Waals surface area contributed by atoms with Gasteiger partial charge in [0.15, 0.2) is 5.03 Å². The summed E-state index contributed by atoms with van der Waals surface area (Å²) in [4.78, 5) is 0. The number of aromatic nitrogens is 2. The molecule has 1 rings (SSSR count). The number of hydrogen-bond acceptors (Lipinski definition) is 5. The van der Waals surface area contributed by atoms with E-state index in [0.29, 0.717) is 18.7 Å². The van der Waals surface area contributed by atoms with Crippen LogP contribution >= 0.6 is 11.8 Å². The van der Waals surface area contributed by atoms with Crippen molar-refractivity contribution in [2.75, 3.05) is 18.6 Å². The van der Waals surface area contributed by atoms with E-state index in [1.807, 2.05) is 27.0 Å². The first-order valence-corrected chi connectivity index (χ1v) is 9.02. The monoisotopic (exact) mass is 306 g/mol. The van der Waals surface area contributed by atoms with Gasteiger partial charge in [0.1, 0.15) is 0 Å². The molecular weight excluding hydrogens is 284 g/mol. The van der Waals surface area contributed by atoms with Crippen molar-refractivity contribution in [2.24, 2.45) is 0 Å². The summed E-state index contributed by atoms with van der Waals surface area (Å²) in [6, 6.07) is 0.286. The van der Waals surface area contributed by atoms with E-state index in [9.17, 15) is 8.42 Å². The van der Waals surface area contributed by atoms with Gasteiger partial charge in [-0.3, -0.25) is 5.10 Å². The Kier molecular flexibility index (Phi) is 6.31. The Balaban J connectivity index is 2.87. The molecule has 1 aromatic rings. The maximum Gasteiger partial charge on any atom is 0.260 e. The summed E-state index contributed by atoms with van der Waals surface area (Å²) in [6.07, 6.45) is 1.94. The molecule has 0 aliphatic carbocycles. The molecule has 0 aliphatic rings. The first kappa shape index (κ1) is 16.5. The van der Waals surface area contributed by atoms with Gasteiger partial charge in [-0.25, -0.2) is 13.1 Å². The molecule has 0 aliphatic heterocycles. The van der Waals surface area contributed by atoms with Crippen molar-refractivity contribution in [3.05, 3.63) is 11.3 Å². The predicted octanol–water partition coefficient (Wildman–Crippen LogP) is 0.857. The Morgan fingerprint density at radius 3 is 2.68 bits per heavy atom. The summed E-state index contributed by atoms with van der Waals surface area (Å²) in [6.45, 7) is 6.75. The van der Waals surface area contributed by atoms with Crippen LogP contribution in [0, 0.1) is 6.92 Å². The van der Waals surface area contributed by atoms with E-state index in [4.69, 9.17) is 0 Å². The number of nitrogens with zero attached hydrogens (tertiary/aromatic N) is 1. The Hall–Kier alpha value is -0.570. The number of H-pyrrole nitrogens is 1. The fourth-order valence-corrected chi connectivity index (χ4v) is 3.17. The van der Waals surface area contributed by atoms with E-state index in [0.717, 1.165) is 11.4 Å². The summed E-state index contributed by atoms with van der Waals surface area (Å²) in [5.41, 5.74) is 1.48. The average molecular weight is 306 g/mol. The van der Waals surface area contributed by atoms with Crippen LogP contribution in [-0.2, 0) is 16.6 Å². The lowest BCUT2D eigenvalue weighted by Crippen LogP contribution is -2.29. The topological polar surface area (TPSA) is 86.9 Å². The molecule has 110 valence electrons. The molecule has 0 atom stereocenters. The first-order chi connectivity index (χ1) is 8.88. The number of aryl methyl sites for hydroxylation is 1. The molecular formula is C11H22N4O2S2. The zero-order chi connectivity index (χ0) is 14.5. The van der Waals surface area contributed by atoms with Gasteiger partial charge in [0.25, 0.3) is 10.0 Å². The molecule has 1 heterocycles. The van der Waals surface area contributed by atoms with Crippen molar-refractivity contribution in [1.82, 2.24) is 20.2 Å². The van der Waals surface area contributed by atoms with Crippen LogP contribution in [0.3, 0.4) is 0 Å². The van der Waals surface area contributed by atoms with Crippen LogP contribution in [0.2, 0.25) is 0 Å². The Bertz CT molecular complexity index is 497. The third-order valence-electron chi connectivity index (χ3n) is 2.58. The van der Waals surface area contributed by atoms with E-state index in [1.54, 1.807) is 11.8 Å². The lowest BCUT2D eigenvalue weighted by atomic mass is 10.2. The third kappa shape index (κ3) is 4.79. The van der Waals surface area contributed by atoms with Gasteiger partial charge in [-0.1, -0.05) is 13.8 Å². The molecule has 0 amide bonds. The first-order valence-electron chi connectivity index (χ1n) is 6.14. The smallest absolute Gasteiger partial charge is 0.260 e. The molecule has 6 nitrogen and oxygen atoms in total. The maximum atomic E-state index is 12.2. The third-order valence-corrected chi connectivity index (χ3v) is 4.62. The van der Waals surface area contributed by atoms with Crippen molar-refractivity contribution >= 4 is 21.8 Å². The summed E-state index contributed by atoms with van der Waals surface area (Å²) in [5.74, 6) is 0.738. The largest absolute Gasteiger partial charge is 0.310 e. The number of nitrogens with one attached hydrogen (secondary N) is 3. The van der Waals surface area contributed by atoms with Crippen molar-refractivity contribution in [3.8, 4) is 0 Å². The van der Waals surface area contributed by atoms with Crippen LogP contribution in [0.4, 0.5) is 0 Å². The molecule has 0 bridgehead atoms. The summed E-state index contributed by atoms with van der Waals surface area (Å²) < 4.78 is 26.9. The van der Waals surface area contributed by atoms with E-state index < -0.39 is 10.0 Å². The zero-order valence-corrected chi connectivity index (χ0v) is 13.4. The molecule has 3 N–H and O–H groups in total. The number of sulfonamides is 1. The van der Waals surface area contributed by atoms with Gasteiger partial charge in [-0.2, -0.15) is 16.9 Å². The molecule has 0 radical (unpaired) electrons. The fraction of sp³-hybridized carbons (Fsp3) is 0.727. The van der Waals surface area contributed by atoms with E-state index >= 15 is 0 Å². The minimum absolute atomic E-state index is 0.0965. The van der Waals surface area contributed by atoms with E-state index in [-0.39, 0.29) is 11.1 Å². The van der Waals surface area contributed by atoms with Crippen LogP contribution in [0.1, 0.15) is 25.1 Å². The van der Waals surface area contributed by atoms with Crippen molar-refractivity contribution < 1.29 is 8.42 Å². The van der Waals surface area contributed by atoms with Gasteiger partial charge in [0.05, 0.1) is 0 Å². The molecule has 0 spiro atoms. The lowest BCUT2D eigenvalue weighted by molar-refractivity contribution is 0.565. The molecule has 0 aromatic carbocycles. The van der Waals surface area contributed by atoms with Crippen molar-refractivity contribution in [3.63, 3.8) is 0 Å². The summed E-state index contributed by atoms with van der Waals surface area (Å²) in [5, 5.41) is 9.97. The maximum absolute atomic E-state index is 12.2. The number of hydrogen-bond donors (Lipinski definition) is 3. The highest BCUT2D eigenvalue weighted by atomic mass is 32.2. The highest BCUT2D eigenvalue weighted by Crippen LogP contribution is 2.16. The quantitative estimate of drug-likeness (QED) is 0.620. The number of thioether (sulfide) groups is 1. The van der Waals surface area contributed by atoms with Gasteiger partial charge in [-0.05, 0) is 13.2 Å². The Labute approximate surface area is 119 Å². The molecule has 0 saturated heterocycles. The molecule has 0 saturated carbocycles. The standard InChI is InChI=1S/C11H22N4O2S2/c1-8(2)12-7-10-9(3)14-15-11(10)19(16,17)13-5-6-18-4/h8,12-13H,5-7H2,1-4H3,(H,14,15). The second-order valence-corrected chi connectivity index (χ2v) is 7.23. The summed E-state index contributed by atoms with van der Waals surface area (Å²) >= 11 is 1.59. The van der Waals surface area contributed by atoms with Gasteiger partial charge < -0.3 is 5.32 Å². The van der Waals surface area contributed by atoms with Crippen LogP contribution in [0.25, 0.3) is 0 Å². The molecule has 1 aromatic heterocycles. The van der Waals surface area contributed by atoms with Crippen molar-refractivity contribution in [1.29, 1.82) is 0 Å². The second-order valence-electron chi connectivity index (χ2n) is 4.56. The highest BCUT2D eigenvalue weighted by molar-refractivity contribution is 7.98. The normalized spacial score (nSPS) is 12.3. The average Bonchev–Trinajstić information content (AvgIpc) is 2.69. The van der Waals surface area contributed by atoms with Crippen LogP contribution in [-0.4, -0.2) is 43.2 Å². The van der Waals surface area contributed by atoms with Gasteiger partial charge in [0, 0.05) is 36.1 Å². The summed E-state index contributed by atoms with van der Waals surface area (Å²) in [7, 11) is -3.54. The fourth-order valence-electron chi connectivity index (χ4n) is 1.51. The highest BCUT2D eigenvalue weighted by Gasteiger charge is 2.23. The Morgan fingerprint density at radius 1 is 1.42 bits per heavy atom. The number of aromatic amines is 1. The Morgan fingerprint density at radius 2 is 2.11 bits per heavy atom. The van der Waals surface area contributed by atoms with Gasteiger partial charge in [0.2, 0.25) is 0 Å².